The Bertz CT molecular complexity index is 456. The number of nitrogens with one attached hydrogen (secondary N) is 1. The van der Waals surface area contributed by atoms with Gasteiger partial charge in [-0.15, -0.1) is 11.8 Å². The van der Waals surface area contributed by atoms with Gasteiger partial charge < -0.3 is 10.1 Å². The predicted molar refractivity (Wildman–Crippen MR) is 87.9 cm³/mol. The maximum Gasteiger partial charge on any atom is 0.252 e. The van der Waals surface area contributed by atoms with Gasteiger partial charge >= 0.3 is 0 Å². The normalized spacial score (nSPS) is 18.1. The quantitative estimate of drug-likeness (QED) is 0.780. The topological polar surface area (TPSA) is 38.3 Å². The lowest BCUT2D eigenvalue weighted by atomic mass is 10.1. The zero-order valence-electron chi connectivity index (χ0n) is 12.9. The summed E-state index contributed by atoms with van der Waals surface area (Å²) in [5.74, 6) is 1.57. The van der Waals surface area contributed by atoms with Crippen LogP contribution in [0.1, 0.15) is 43.5 Å². The first-order chi connectivity index (χ1) is 10.2. The van der Waals surface area contributed by atoms with Crippen molar-refractivity contribution in [3.8, 4) is 0 Å². The molecule has 0 aromatic heterocycles. The number of amides is 1. The molecule has 1 aliphatic heterocycles. The van der Waals surface area contributed by atoms with Gasteiger partial charge in [0.1, 0.15) is 0 Å². The maximum absolute atomic E-state index is 12.3. The predicted octanol–water partition coefficient (Wildman–Crippen LogP) is 3.73. The standard InChI is InChI=1S/C17H25NO2S/c1-13(2)9-10-18-17(19)15-7-3-4-8-16(15)21-12-14-6-5-11-20-14/h3-4,7-8,13-14H,5-6,9-12H2,1-2H3,(H,18,19). The number of benzene rings is 1. The van der Waals surface area contributed by atoms with Crippen molar-refractivity contribution in [2.75, 3.05) is 18.9 Å². The molecule has 1 amide bonds. The summed E-state index contributed by atoms with van der Waals surface area (Å²) in [6, 6.07) is 7.84. The molecule has 4 heteroatoms. The fourth-order valence-electron chi connectivity index (χ4n) is 2.31. The zero-order valence-corrected chi connectivity index (χ0v) is 13.7. The van der Waals surface area contributed by atoms with Crippen LogP contribution in [-0.4, -0.2) is 30.9 Å². The Morgan fingerprint density at radius 2 is 2.24 bits per heavy atom. The Labute approximate surface area is 131 Å². The van der Waals surface area contributed by atoms with Crippen LogP contribution >= 0.6 is 11.8 Å². The van der Waals surface area contributed by atoms with E-state index in [1.165, 1.54) is 0 Å². The molecule has 1 aromatic carbocycles. The van der Waals surface area contributed by atoms with Gasteiger partial charge in [0.25, 0.3) is 5.91 Å². The molecule has 1 heterocycles. The average Bonchev–Trinajstić information content (AvgIpc) is 2.98. The summed E-state index contributed by atoms with van der Waals surface area (Å²) >= 11 is 1.73. The molecule has 1 unspecified atom stereocenters. The second-order valence-corrected chi connectivity index (χ2v) is 6.94. The van der Waals surface area contributed by atoms with E-state index < -0.39 is 0 Å². The van der Waals surface area contributed by atoms with Crippen molar-refractivity contribution in [3.63, 3.8) is 0 Å². The third kappa shape index (κ3) is 5.36. The van der Waals surface area contributed by atoms with E-state index in [4.69, 9.17) is 4.74 Å². The zero-order chi connectivity index (χ0) is 15.1. The molecule has 0 saturated carbocycles. The molecule has 1 aromatic rings. The van der Waals surface area contributed by atoms with Gasteiger partial charge in [-0.2, -0.15) is 0 Å². The molecule has 0 bridgehead atoms. The van der Waals surface area contributed by atoms with Gasteiger partial charge in [-0.25, -0.2) is 0 Å². The second kappa shape index (κ2) is 8.44. The van der Waals surface area contributed by atoms with Crippen LogP contribution in [0.4, 0.5) is 0 Å². The first-order valence-electron chi connectivity index (χ1n) is 7.78. The van der Waals surface area contributed by atoms with Gasteiger partial charge in [0, 0.05) is 23.8 Å². The van der Waals surface area contributed by atoms with Crippen molar-refractivity contribution in [2.24, 2.45) is 5.92 Å². The maximum atomic E-state index is 12.3. The fraction of sp³-hybridized carbons (Fsp3) is 0.588. The summed E-state index contributed by atoms with van der Waals surface area (Å²) in [5, 5.41) is 3.02. The van der Waals surface area contributed by atoms with Crippen molar-refractivity contribution in [1.82, 2.24) is 5.32 Å². The molecular formula is C17H25NO2S. The van der Waals surface area contributed by atoms with E-state index in [0.717, 1.165) is 48.6 Å². The average molecular weight is 307 g/mol. The van der Waals surface area contributed by atoms with E-state index in [-0.39, 0.29) is 5.91 Å². The van der Waals surface area contributed by atoms with Gasteiger partial charge in [0.2, 0.25) is 0 Å². The minimum Gasteiger partial charge on any atom is -0.377 e. The Morgan fingerprint density at radius 3 is 2.95 bits per heavy atom. The van der Waals surface area contributed by atoms with E-state index in [9.17, 15) is 4.79 Å². The number of ether oxygens (including phenoxy) is 1. The number of hydrogen-bond acceptors (Lipinski definition) is 3. The van der Waals surface area contributed by atoms with E-state index in [0.29, 0.717) is 12.0 Å². The van der Waals surface area contributed by atoms with Crippen LogP contribution in [-0.2, 0) is 4.74 Å². The molecule has 21 heavy (non-hydrogen) atoms. The molecule has 1 atom stereocenters. The molecule has 0 spiro atoms. The largest absolute Gasteiger partial charge is 0.377 e. The van der Waals surface area contributed by atoms with E-state index in [1.54, 1.807) is 11.8 Å². The van der Waals surface area contributed by atoms with E-state index in [1.807, 2.05) is 24.3 Å². The van der Waals surface area contributed by atoms with Crippen molar-refractivity contribution in [1.29, 1.82) is 0 Å². The summed E-state index contributed by atoms with van der Waals surface area (Å²) < 4.78 is 5.64. The van der Waals surface area contributed by atoms with Gasteiger partial charge in [0.05, 0.1) is 11.7 Å². The molecule has 0 aliphatic carbocycles. The van der Waals surface area contributed by atoms with Crippen molar-refractivity contribution < 1.29 is 9.53 Å². The van der Waals surface area contributed by atoms with Crippen LogP contribution < -0.4 is 5.32 Å². The summed E-state index contributed by atoms with van der Waals surface area (Å²) in [4.78, 5) is 13.3. The lowest BCUT2D eigenvalue weighted by Gasteiger charge is -2.13. The first-order valence-corrected chi connectivity index (χ1v) is 8.77. The number of hydrogen-bond donors (Lipinski definition) is 1. The van der Waals surface area contributed by atoms with Crippen LogP contribution in [0, 0.1) is 5.92 Å². The van der Waals surface area contributed by atoms with E-state index in [2.05, 4.69) is 19.2 Å². The molecule has 3 nitrogen and oxygen atoms in total. The van der Waals surface area contributed by atoms with Gasteiger partial charge in [-0.3, -0.25) is 4.79 Å². The van der Waals surface area contributed by atoms with Gasteiger partial charge in [-0.1, -0.05) is 26.0 Å². The highest BCUT2D eigenvalue weighted by Crippen LogP contribution is 2.26. The smallest absolute Gasteiger partial charge is 0.252 e. The molecule has 1 aliphatic rings. The minimum atomic E-state index is 0.0334. The second-order valence-electron chi connectivity index (χ2n) is 5.88. The number of carbonyl (C=O) groups excluding carboxylic acids is 1. The summed E-state index contributed by atoms with van der Waals surface area (Å²) in [6.45, 7) is 5.94. The lowest BCUT2D eigenvalue weighted by Crippen LogP contribution is -2.25. The highest BCUT2D eigenvalue weighted by molar-refractivity contribution is 7.99. The SMILES string of the molecule is CC(C)CCNC(=O)c1ccccc1SCC1CCCO1. The Kier molecular flexibility index (Phi) is 6.58. The summed E-state index contributed by atoms with van der Waals surface area (Å²) in [7, 11) is 0. The summed E-state index contributed by atoms with van der Waals surface area (Å²) in [6.07, 6.45) is 3.64. The van der Waals surface area contributed by atoms with Crippen LogP contribution in [0.15, 0.2) is 29.2 Å². The van der Waals surface area contributed by atoms with Crippen LogP contribution in [0.25, 0.3) is 0 Å². The molecule has 1 fully saturated rings. The Hall–Kier alpha value is -1.00. The van der Waals surface area contributed by atoms with Crippen LogP contribution in [0.2, 0.25) is 0 Å². The summed E-state index contributed by atoms with van der Waals surface area (Å²) in [5.41, 5.74) is 0.782. The third-order valence-electron chi connectivity index (χ3n) is 3.59. The number of carbonyl (C=O) groups is 1. The third-order valence-corrected chi connectivity index (χ3v) is 4.79. The molecule has 1 saturated heterocycles. The highest BCUT2D eigenvalue weighted by atomic mass is 32.2. The first kappa shape index (κ1) is 16.4. The Balaban J connectivity index is 1.90. The van der Waals surface area contributed by atoms with Gasteiger partial charge in [0.15, 0.2) is 0 Å². The monoisotopic (exact) mass is 307 g/mol. The van der Waals surface area contributed by atoms with Gasteiger partial charge in [-0.05, 0) is 37.3 Å². The van der Waals surface area contributed by atoms with Crippen molar-refractivity contribution in [3.05, 3.63) is 29.8 Å². The van der Waals surface area contributed by atoms with Crippen molar-refractivity contribution >= 4 is 17.7 Å². The highest BCUT2D eigenvalue weighted by Gasteiger charge is 2.17. The molecular weight excluding hydrogens is 282 g/mol. The molecule has 2 rings (SSSR count). The Morgan fingerprint density at radius 1 is 1.43 bits per heavy atom. The minimum absolute atomic E-state index is 0.0334. The van der Waals surface area contributed by atoms with Crippen LogP contribution in [0.3, 0.4) is 0 Å². The van der Waals surface area contributed by atoms with Crippen LogP contribution in [0.5, 0.6) is 0 Å². The number of thioether (sulfide) groups is 1. The fourth-order valence-corrected chi connectivity index (χ4v) is 3.43. The lowest BCUT2D eigenvalue weighted by molar-refractivity contribution is 0.0949. The number of rotatable bonds is 7. The molecule has 116 valence electrons. The molecule has 0 radical (unpaired) electrons. The molecule has 1 N–H and O–H groups in total. The van der Waals surface area contributed by atoms with Crippen molar-refractivity contribution in [2.45, 2.75) is 44.1 Å². The van der Waals surface area contributed by atoms with E-state index >= 15 is 0 Å².